The number of hydrogen-bond donors (Lipinski definition) is 0. The normalized spacial score (nSPS) is 10.3. The van der Waals surface area contributed by atoms with Crippen LogP contribution in [0.5, 0.6) is 0 Å². The van der Waals surface area contributed by atoms with Gasteiger partial charge in [-0.05, 0) is 12.2 Å². The molecule has 0 heterocycles. The van der Waals surface area contributed by atoms with E-state index in [1.807, 2.05) is 0 Å². The molecule has 0 N–H and O–H groups in total. The van der Waals surface area contributed by atoms with Crippen molar-refractivity contribution >= 4 is 34.4 Å². The van der Waals surface area contributed by atoms with Crippen molar-refractivity contribution in [1.29, 1.82) is 0 Å². The molecule has 0 rings (SSSR count). The molecule has 0 spiro atoms. The van der Waals surface area contributed by atoms with Crippen molar-refractivity contribution in [3.8, 4) is 0 Å². The number of isothiocyanates is 1. The Labute approximate surface area is 63.5 Å². The first-order chi connectivity index (χ1) is 4.45. The summed E-state index contributed by atoms with van der Waals surface area (Å²) in [7, 11) is 0. The quantitative estimate of drug-likeness (QED) is 0.431. The SMILES string of the molecule is O=C(N=C=S)SC(F)(F)F. The van der Waals surface area contributed by atoms with Gasteiger partial charge in [0, 0.05) is 0 Å². The molecule has 0 bridgehead atoms. The smallest absolute Gasteiger partial charge is 0.258 e. The van der Waals surface area contributed by atoms with E-state index >= 15 is 0 Å². The maximum Gasteiger partial charge on any atom is 0.451 e. The molecule has 0 saturated heterocycles. The summed E-state index contributed by atoms with van der Waals surface area (Å²) in [6.07, 6.45) is 0. The zero-order valence-corrected chi connectivity index (χ0v) is 5.94. The highest BCUT2D eigenvalue weighted by Gasteiger charge is 2.32. The third-order valence-electron chi connectivity index (χ3n) is 0.340. The lowest BCUT2D eigenvalue weighted by atomic mass is 11.3. The maximum absolute atomic E-state index is 11.2. The number of halogens is 3. The van der Waals surface area contributed by atoms with Crippen LogP contribution < -0.4 is 0 Å². The average molecular weight is 187 g/mol. The van der Waals surface area contributed by atoms with Crippen LogP contribution in [0, 0.1) is 0 Å². The van der Waals surface area contributed by atoms with Crippen molar-refractivity contribution in [2.45, 2.75) is 5.51 Å². The summed E-state index contributed by atoms with van der Waals surface area (Å²) in [5.74, 6) is 0. The van der Waals surface area contributed by atoms with Gasteiger partial charge in [0.1, 0.15) is 0 Å². The minimum atomic E-state index is -4.59. The van der Waals surface area contributed by atoms with Crippen LogP contribution >= 0.6 is 24.0 Å². The standard InChI is InChI=1S/C3F3NOS2/c4-3(5,6)10-2(8)7-1-9. The average Bonchev–Trinajstić information content (AvgIpc) is 1.59. The molecule has 56 valence electrons. The second-order valence-electron chi connectivity index (χ2n) is 1.02. The highest BCUT2D eigenvalue weighted by Crippen LogP contribution is 2.31. The van der Waals surface area contributed by atoms with E-state index in [0.717, 1.165) is 0 Å². The van der Waals surface area contributed by atoms with Crippen molar-refractivity contribution in [3.63, 3.8) is 0 Å². The fourth-order valence-corrected chi connectivity index (χ4v) is 0.589. The van der Waals surface area contributed by atoms with Gasteiger partial charge < -0.3 is 0 Å². The Hall–Kier alpha value is -0.390. The van der Waals surface area contributed by atoms with Crippen molar-refractivity contribution in [2.24, 2.45) is 4.99 Å². The fourth-order valence-electron chi connectivity index (χ4n) is 0.159. The molecule has 7 heteroatoms. The van der Waals surface area contributed by atoms with Crippen LogP contribution in [-0.2, 0) is 0 Å². The highest BCUT2D eigenvalue weighted by molar-refractivity contribution is 8.14. The molecule has 0 saturated carbocycles. The number of alkyl halides is 3. The van der Waals surface area contributed by atoms with Gasteiger partial charge in [-0.15, -0.1) is 4.99 Å². The van der Waals surface area contributed by atoms with Gasteiger partial charge in [0.15, 0.2) is 0 Å². The summed E-state index contributed by atoms with van der Waals surface area (Å²) in [5.41, 5.74) is -4.59. The van der Waals surface area contributed by atoms with Gasteiger partial charge in [0.2, 0.25) is 0 Å². The lowest BCUT2D eigenvalue weighted by Crippen LogP contribution is -2.02. The minimum absolute atomic E-state index is 0.853. The molecular weight excluding hydrogens is 187 g/mol. The van der Waals surface area contributed by atoms with Crippen LogP contribution in [0.2, 0.25) is 0 Å². The van der Waals surface area contributed by atoms with Gasteiger partial charge in [0.05, 0.1) is 16.9 Å². The van der Waals surface area contributed by atoms with Crippen molar-refractivity contribution in [2.75, 3.05) is 0 Å². The van der Waals surface area contributed by atoms with Gasteiger partial charge in [-0.3, -0.25) is 4.79 Å². The summed E-state index contributed by atoms with van der Waals surface area (Å²) < 4.78 is 33.7. The molecule has 10 heavy (non-hydrogen) atoms. The van der Waals surface area contributed by atoms with Crippen LogP contribution in [0.15, 0.2) is 4.99 Å². The van der Waals surface area contributed by atoms with E-state index in [4.69, 9.17) is 0 Å². The van der Waals surface area contributed by atoms with E-state index in [1.54, 1.807) is 0 Å². The van der Waals surface area contributed by atoms with Crippen LogP contribution in [0.3, 0.4) is 0 Å². The minimum Gasteiger partial charge on any atom is -0.258 e. The number of carbonyl (C=O) groups excluding carboxylic acids is 1. The van der Waals surface area contributed by atoms with E-state index < -0.39 is 22.5 Å². The zero-order valence-electron chi connectivity index (χ0n) is 4.31. The van der Waals surface area contributed by atoms with E-state index in [1.165, 1.54) is 5.16 Å². The van der Waals surface area contributed by atoms with Gasteiger partial charge in [-0.2, -0.15) is 13.2 Å². The number of rotatable bonds is 0. The molecule has 0 aromatic rings. The van der Waals surface area contributed by atoms with Crippen LogP contribution in [0.1, 0.15) is 0 Å². The highest BCUT2D eigenvalue weighted by atomic mass is 32.2. The molecule has 2 nitrogen and oxygen atoms in total. The van der Waals surface area contributed by atoms with Gasteiger partial charge in [-0.1, -0.05) is 0 Å². The number of aliphatic imine (C=N–C) groups is 1. The van der Waals surface area contributed by atoms with Crippen LogP contribution in [0.25, 0.3) is 0 Å². The lowest BCUT2D eigenvalue weighted by Gasteiger charge is -1.97. The third kappa shape index (κ3) is 5.74. The monoisotopic (exact) mass is 187 g/mol. The van der Waals surface area contributed by atoms with E-state index in [-0.39, 0.29) is 0 Å². The Morgan fingerprint density at radius 1 is 1.60 bits per heavy atom. The zero-order chi connectivity index (χ0) is 8.20. The van der Waals surface area contributed by atoms with E-state index in [9.17, 15) is 18.0 Å². The summed E-state index contributed by atoms with van der Waals surface area (Å²) in [6.45, 7) is 0. The van der Waals surface area contributed by atoms with Crippen LogP contribution in [0.4, 0.5) is 18.0 Å². The molecule has 0 unspecified atom stereocenters. The van der Waals surface area contributed by atoms with E-state index in [2.05, 4.69) is 17.2 Å². The van der Waals surface area contributed by atoms with Crippen molar-refractivity contribution in [3.05, 3.63) is 0 Å². The van der Waals surface area contributed by atoms with Crippen molar-refractivity contribution < 1.29 is 18.0 Å². The predicted octanol–water partition coefficient (Wildman–Crippen LogP) is 2.46. The Kier molecular flexibility index (Phi) is 3.55. The summed E-state index contributed by atoms with van der Waals surface area (Å²) in [5, 5.41) is 0.128. The predicted molar refractivity (Wildman–Crippen MR) is 34.1 cm³/mol. The summed E-state index contributed by atoms with van der Waals surface area (Å²) in [4.78, 5) is 12.6. The molecule has 0 atom stereocenters. The molecule has 0 aliphatic carbocycles. The molecule has 1 amide bonds. The Balaban J connectivity index is 3.92. The van der Waals surface area contributed by atoms with Gasteiger partial charge >= 0.3 is 10.7 Å². The second-order valence-corrected chi connectivity index (χ2v) is 2.22. The number of amides is 1. The first kappa shape index (κ1) is 9.61. The Morgan fingerprint density at radius 3 is 2.40 bits per heavy atom. The maximum atomic E-state index is 11.2. The third-order valence-corrected chi connectivity index (χ3v) is 0.929. The fraction of sp³-hybridized carbons (Fsp3) is 0.333. The van der Waals surface area contributed by atoms with Gasteiger partial charge in [-0.25, -0.2) is 0 Å². The molecular formula is C3F3NOS2. The van der Waals surface area contributed by atoms with E-state index in [0.29, 0.717) is 0 Å². The number of carbonyl (C=O) groups is 1. The Bertz CT molecular complexity index is 183. The Morgan fingerprint density at radius 2 is 2.10 bits per heavy atom. The van der Waals surface area contributed by atoms with Gasteiger partial charge in [0.25, 0.3) is 0 Å². The largest absolute Gasteiger partial charge is 0.451 e. The molecule has 0 aliphatic rings. The molecule has 0 fully saturated rings. The summed E-state index contributed by atoms with van der Waals surface area (Å²) >= 11 is 3.05. The van der Waals surface area contributed by atoms with Crippen LogP contribution in [-0.4, -0.2) is 15.9 Å². The molecule has 0 radical (unpaired) electrons. The number of nitrogens with zero attached hydrogens (tertiary/aromatic N) is 1. The second kappa shape index (κ2) is 3.70. The first-order valence-electron chi connectivity index (χ1n) is 1.83. The molecule has 0 aromatic heterocycles. The number of thiocarbonyl (C=S) groups is 1. The molecule has 0 aromatic carbocycles. The number of hydrogen-bond acceptors (Lipinski definition) is 3. The lowest BCUT2D eigenvalue weighted by molar-refractivity contribution is -0.0319. The molecule has 0 aliphatic heterocycles. The first-order valence-corrected chi connectivity index (χ1v) is 3.06. The summed E-state index contributed by atoms with van der Waals surface area (Å²) in [6, 6.07) is 0. The topological polar surface area (TPSA) is 29.4 Å². The van der Waals surface area contributed by atoms with Crippen molar-refractivity contribution in [1.82, 2.24) is 0 Å². The number of thioether (sulfide) groups is 1.